The van der Waals surface area contributed by atoms with E-state index in [-0.39, 0.29) is 17.5 Å². The molecule has 0 aliphatic heterocycles. The number of hydrogen-bond acceptors (Lipinski definition) is 3. The number of carbonyl (C=O) groups is 1. The fourth-order valence-electron chi connectivity index (χ4n) is 2.26. The first-order valence-corrected chi connectivity index (χ1v) is 7.21. The van der Waals surface area contributed by atoms with Gasteiger partial charge in [-0.3, -0.25) is 9.59 Å². The lowest BCUT2D eigenvalue weighted by molar-refractivity contribution is 0.0939. The third-order valence-electron chi connectivity index (χ3n) is 3.59. The normalized spacial score (nSPS) is 11.9. The maximum atomic E-state index is 12.1. The highest BCUT2D eigenvalue weighted by Crippen LogP contribution is 2.16. The minimum absolute atomic E-state index is 0.147. The molecule has 0 spiro atoms. The first-order valence-electron chi connectivity index (χ1n) is 7.21. The fraction of sp³-hybridized carbons (Fsp3) is 0.118. The summed E-state index contributed by atoms with van der Waals surface area (Å²) in [6.45, 7) is 1.91. The summed E-state index contributed by atoms with van der Waals surface area (Å²) in [4.78, 5) is 29.7. The molecule has 3 aromatic rings. The molecule has 2 N–H and O–H groups in total. The maximum Gasteiger partial charge on any atom is 0.253 e. The first kappa shape index (κ1) is 14.8. The largest absolute Gasteiger partial charge is 0.345 e. The molecule has 1 aromatic carbocycles. The smallest absolute Gasteiger partial charge is 0.253 e. The topological polar surface area (TPSA) is 79.8 Å². The zero-order chi connectivity index (χ0) is 16.2. The Morgan fingerprint density at radius 3 is 2.61 bits per heavy atom. The Bertz CT molecular complexity index is 831. The minimum Gasteiger partial charge on any atom is -0.345 e. The Balaban J connectivity index is 1.70. The molecule has 0 saturated carbocycles. The highest BCUT2D eigenvalue weighted by molar-refractivity contribution is 5.94. The molecule has 0 aliphatic carbocycles. The number of carbonyl (C=O) groups excluding carboxylic acids is 1. The van der Waals surface area contributed by atoms with Gasteiger partial charge in [-0.1, -0.05) is 12.1 Å². The number of pyridine rings is 1. The van der Waals surface area contributed by atoms with Crippen molar-refractivity contribution in [2.75, 3.05) is 0 Å². The van der Waals surface area contributed by atoms with Crippen molar-refractivity contribution in [1.29, 1.82) is 0 Å². The van der Waals surface area contributed by atoms with Crippen LogP contribution < -0.4 is 10.9 Å². The molecule has 1 atom stereocenters. The lowest BCUT2D eigenvalue weighted by Gasteiger charge is -2.15. The summed E-state index contributed by atoms with van der Waals surface area (Å²) in [6, 6.07) is 10.6. The number of benzene rings is 1. The molecule has 1 unspecified atom stereocenters. The van der Waals surface area contributed by atoms with Gasteiger partial charge in [0.15, 0.2) is 0 Å². The van der Waals surface area contributed by atoms with E-state index in [1.165, 1.54) is 18.3 Å². The Hall–Kier alpha value is -3.15. The van der Waals surface area contributed by atoms with Gasteiger partial charge in [-0.15, -0.1) is 0 Å². The van der Waals surface area contributed by atoms with Crippen LogP contribution in [0.3, 0.4) is 0 Å². The first-order chi connectivity index (χ1) is 11.1. The van der Waals surface area contributed by atoms with Crippen LogP contribution in [0.4, 0.5) is 0 Å². The van der Waals surface area contributed by atoms with E-state index in [9.17, 15) is 9.59 Å². The van der Waals surface area contributed by atoms with E-state index in [2.05, 4.69) is 15.3 Å². The predicted molar refractivity (Wildman–Crippen MR) is 86.5 cm³/mol. The molecule has 116 valence electrons. The molecule has 0 bridgehead atoms. The van der Waals surface area contributed by atoms with Gasteiger partial charge in [0.1, 0.15) is 0 Å². The number of aromatic amines is 1. The van der Waals surface area contributed by atoms with Gasteiger partial charge in [0.05, 0.1) is 17.9 Å². The summed E-state index contributed by atoms with van der Waals surface area (Å²) >= 11 is 0. The van der Waals surface area contributed by atoms with Crippen LogP contribution in [0.1, 0.15) is 28.9 Å². The summed E-state index contributed by atoms with van der Waals surface area (Å²) in [5.41, 5.74) is 2.19. The molecule has 0 radical (unpaired) electrons. The number of nitrogens with one attached hydrogen (secondary N) is 2. The van der Waals surface area contributed by atoms with E-state index in [4.69, 9.17) is 0 Å². The quantitative estimate of drug-likeness (QED) is 0.774. The molecule has 1 amide bonds. The van der Waals surface area contributed by atoms with E-state index in [1.807, 2.05) is 42.0 Å². The summed E-state index contributed by atoms with van der Waals surface area (Å²) < 4.78 is 1.91. The summed E-state index contributed by atoms with van der Waals surface area (Å²) in [5, 5.41) is 2.91. The molecular formula is C17H16N4O2. The van der Waals surface area contributed by atoms with Crippen molar-refractivity contribution in [3.8, 4) is 5.69 Å². The molecular weight excluding hydrogens is 292 g/mol. The molecule has 0 fully saturated rings. The Morgan fingerprint density at radius 2 is 2.00 bits per heavy atom. The molecule has 6 nitrogen and oxygen atoms in total. The molecule has 0 saturated heterocycles. The van der Waals surface area contributed by atoms with E-state index in [0.717, 1.165) is 11.3 Å². The van der Waals surface area contributed by atoms with Crippen molar-refractivity contribution in [2.24, 2.45) is 0 Å². The number of H-pyrrole nitrogens is 1. The van der Waals surface area contributed by atoms with E-state index < -0.39 is 0 Å². The predicted octanol–water partition coefficient (Wildman–Crippen LogP) is 2.05. The number of aromatic nitrogens is 3. The molecule has 3 rings (SSSR count). The van der Waals surface area contributed by atoms with Crippen LogP contribution in [-0.4, -0.2) is 20.4 Å². The molecule has 0 aliphatic rings. The highest BCUT2D eigenvalue weighted by Gasteiger charge is 2.11. The van der Waals surface area contributed by atoms with Gasteiger partial charge >= 0.3 is 0 Å². The Labute approximate surface area is 132 Å². The van der Waals surface area contributed by atoms with Crippen molar-refractivity contribution in [3.63, 3.8) is 0 Å². The van der Waals surface area contributed by atoms with Crippen LogP contribution in [0.15, 0.2) is 66.1 Å². The van der Waals surface area contributed by atoms with Crippen LogP contribution in [0.25, 0.3) is 5.69 Å². The van der Waals surface area contributed by atoms with E-state index >= 15 is 0 Å². The number of rotatable bonds is 4. The maximum absolute atomic E-state index is 12.1. The van der Waals surface area contributed by atoms with Crippen LogP contribution >= 0.6 is 0 Å². The second kappa shape index (κ2) is 6.31. The average molecular weight is 308 g/mol. The Kier molecular flexibility index (Phi) is 4.05. The summed E-state index contributed by atoms with van der Waals surface area (Å²) in [7, 11) is 0. The Morgan fingerprint density at radius 1 is 1.22 bits per heavy atom. The van der Waals surface area contributed by atoms with E-state index in [0.29, 0.717) is 5.56 Å². The van der Waals surface area contributed by atoms with Gasteiger partial charge in [-0.2, -0.15) is 0 Å². The van der Waals surface area contributed by atoms with Crippen molar-refractivity contribution in [2.45, 2.75) is 13.0 Å². The van der Waals surface area contributed by atoms with Crippen molar-refractivity contribution >= 4 is 5.91 Å². The SMILES string of the molecule is CC(NC(=O)c1ccc(=O)[nH]c1)c1ccc(-n2ccnc2)cc1. The van der Waals surface area contributed by atoms with Gasteiger partial charge in [0.25, 0.3) is 5.91 Å². The zero-order valence-corrected chi connectivity index (χ0v) is 12.6. The molecule has 23 heavy (non-hydrogen) atoms. The van der Waals surface area contributed by atoms with Gasteiger partial charge in [-0.25, -0.2) is 4.98 Å². The van der Waals surface area contributed by atoms with Gasteiger partial charge in [-0.05, 0) is 30.7 Å². The number of nitrogens with zero attached hydrogens (tertiary/aromatic N) is 2. The number of imidazole rings is 1. The third kappa shape index (κ3) is 3.37. The summed E-state index contributed by atoms with van der Waals surface area (Å²) in [6.07, 6.45) is 6.74. The lowest BCUT2D eigenvalue weighted by Crippen LogP contribution is -2.27. The zero-order valence-electron chi connectivity index (χ0n) is 12.6. The highest BCUT2D eigenvalue weighted by atomic mass is 16.2. The van der Waals surface area contributed by atoms with Crippen molar-refractivity contribution in [3.05, 3.63) is 82.8 Å². The van der Waals surface area contributed by atoms with Crippen LogP contribution in [0.2, 0.25) is 0 Å². The second-order valence-corrected chi connectivity index (χ2v) is 5.20. The molecule has 2 aromatic heterocycles. The number of amides is 1. The fourth-order valence-corrected chi connectivity index (χ4v) is 2.26. The van der Waals surface area contributed by atoms with E-state index in [1.54, 1.807) is 12.5 Å². The third-order valence-corrected chi connectivity index (χ3v) is 3.59. The second-order valence-electron chi connectivity index (χ2n) is 5.20. The van der Waals surface area contributed by atoms with Crippen LogP contribution in [0.5, 0.6) is 0 Å². The monoisotopic (exact) mass is 308 g/mol. The van der Waals surface area contributed by atoms with Crippen LogP contribution in [-0.2, 0) is 0 Å². The lowest BCUT2D eigenvalue weighted by atomic mass is 10.1. The van der Waals surface area contributed by atoms with Crippen LogP contribution in [0, 0.1) is 0 Å². The average Bonchev–Trinajstić information content (AvgIpc) is 3.10. The summed E-state index contributed by atoms with van der Waals surface area (Å²) in [5.74, 6) is -0.229. The van der Waals surface area contributed by atoms with Gasteiger partial charge < -0.3 is 14.9 Å². The molecule has 6 heteroatoms. The van der Waals surface area contributed by atoms with Crippen molar-refractivity contribution < 1.29 is 4.79 Å². The number of hydrogen-bond donors (Lipinski definition) is 2. The molecule has 2 heterocycles. The van der Waals surface area contributed by atoms with Crippen molar-refractivity contribution in [1.82, 2.24) is 19.9 Å². The van der Waals surface area contributed by atoms with Gasteiger partial charge in [0.2, 0.25) is 5.56 Å². The minimum atomic E-state index is -0.232. The van der Waals surface area contributed by atoms with Gasteiger partial charge in [0, 0.05) is 30.3 Å². The standard InChI is InChI=1S/C17H16N4O2/c1-12(20-17(23)14-4-7-16(22)19-10-14)13-2-5-15(6-3-13)21-9-8-18-11-21/h2-12H,1H3,(H,19,22)(H,20,23).